The molecule has 1 aliphatic carbocycles. The predicted molar refractivity (Wildman–Crippen MR) is 71.2 cm³/mol. The SMILES string of the molecule is C=C(CC)COc1ccc(CNC2CC2)cc1. The van der Waals surface area contributed by atoms with Crippen LogP contribution in [-0.4, -0.2) is 12.6 Å². The van der Waals surface area contributed by atoms with Gasteiger partial charge in [0.2, 0.25) is 0 Å². The van der Waals surface area contributed by atoms with Crippen LogP contribution >= 0.6 is 0 Å². The highest BCUT2D eigenvalue weighted by molar-refractivity contribution is 5.27. The minimum Gasteiger partial charge on any atom is -0.489 e. The monoisotopic (exact) mass is 231 g/mol. The van der Waals surface area contributed by atoms with E-state index < -0.39 is 0 Å². The van der Waals surface area contributed by atoms with Crippen LogP contribution in [0.3, 0.4) is 0 Å². The van der Waals surface area contributed by atoms with Gasteiger partial charge in [0.25, 0.3) is 0 Å². The summed E-state index contributed by atoms with van der Waals surface area (Å²) in [5.74, 6) is 0.926. The zero-order valence-electron chi connectivity index (χ0n) is 10.5. The topological polar surface area (TPSA) is 21.3 Å². The number of nitrogens with one attached hydrogen (secondary N) is 1. The molecular weight excluding hydrogens is 210 g/mol. The highest BCUT2D eigenvalue weighted by Crippen LogP contribution is 2.20. The summed E-state index contributed by atoms with van der Waals surface area (Å²) in [5.41, 5.74) is 2.45. The highest BCUT2D eigenvalue weighted by atomic mass is 16.5. The maximum atomic E-state index is 5.63. The quantitative estimate of drug-likeness (QED) is 0.727. The summed E-state index contributed by atoms with van der Waals surface area (Å²) in [6, 6.07) is 9.08. The number of hydrogen-bond acceptors (Lipinski definition) is 2. The van der Waals surface area contributed by atoms with Crippen LogP contribution in [0.2, 0.25) is 0 Å². The molecule has 1 fully saturated rings. The van der Waals surface area contributed by atoms with E-state index in [2.05, 4.69) is 31.0 Å². The minimum absolute atomic E-state index is 0.621. The molecule has 17 heavy (non-hydrogen) atoms. The summed E-state index contributed by atoms with van der Waals surface area (Å²) in [5, 5.41) is 3.50. The molecule has 0 spiro atoms. The average Bonchev–Trinajstić information content (AvgIpc) is 3.18. The molecule has 1 N–H and O–H groups in total. The third-order valence-electron chi connectivity index (χ3n) is 3.04. The van der Waals surface area contributed by atoms with E-state index in [4.69, 9.17) is 4.74 Å². The van der Waals surface area contributed by atoms with Crippen LogP contribution in [0.5, 0.6) is 5.75 Å². The standard InChI is InChI=1S/C15H21NO/c1-3-12(2)11-17-15-8-4-13(5-9-15)10-16-14-6-7-14/h4-5,8-9,14,16H,2-3,6-7,10-11H2,1H3. The fourth-order valence-corrected chi connectivity index (χ4v) is 1.54. The van der Waals surface area contributed by atoms with E-state index in [0.717, 1.165) is 30.3 Å². The lowest BCUT2D eigenvalue weighted by atomic mass is 10.2. The van der Waals surface area contributed by atoms with E-state index >= 15 is 0 Å². The van der Waals surface area contributed by atoms with Crippen molar-refractivity contribution in [2.45, 2.75) is 38.8 Å². The van der Waals surface area contributed by atoms with E-state index in [1.165, 1.54) is 18.4 Å². The number of rotatable bonds is 7. The molecule has 1 aromatic rings. The molecule has 1 aliphatic rings. The first-order chi connectivity index (χ1) is 8.28. The number of benzene rings is 1. The maximum Gasteiger partial charge on any atom is 0.119 e. The Hall–Kier alpha value is -1.28. The average molecular weight is 231 g/mol. The Labute approximate surface area is 104 Å². The Kier molecular flexibility index (Phi) is 4.21. The molecule has 2 heteroatoms. The molecular formula is C15H21NO. The Morgan fingerprint density at radius 1 is 1.35 bits per heavy atom. The Bertz CT molecular complexity index is 365. The molecule has 0 bridgehead atoms. The van der Waals surface area contributed by atoms with Gasteiger partial charge >= 0.3 is 0 Å². The second-order valence-corrected chi connectivity index (χ2v) is 4.69. The molecule has 0 saturated heterocycles. The van der Waals surface area contributed by atoms with Crippen molar-refractivity contribution in [1.82, 2.24) is 5.32 Å². The normalized spacial score (nSPS) is 14.6. The molecule has 2 nitrogen and oxygen atoms in total. The lowest BCUT2D eigenvalue weighted by Crippen LogP contribution is -2.15. The molecule has 0 atom stereocenters. The summed E-state index contributed by atoms with van der Waals surface area (Å²) in [6.07, 6.45) is 3.64. The van der Waals surface area contributed by atoms with Crippen LogP contribution < -0.4 is 10.1 Å². The van der Waals surface area contributed by atoms with Crippen LogP contribution in [-0.2, 0) is 6.54 Å². The van der Waals surface area contributed by atoms with Crippen LogP contribution in [0.25, 0.3) is 0 Å². The van der Waals surface area contributed by atoms with Crippen LogP contribution in [0.1, 0.15) is 31.7 Å². The Morgan fingerprint density at radius 3 is 2.65 bits per heavy atom. The first kappa shape index (κ1) is 12.2. The fourth-order valence-electron chi connectivity index (χ4n) is 1.54. The third-order valence-corrected chi connectivity index (χ3v) is 3.04. The zero-order chi connectivity index (χ0) is 12.1. The second-order valence-electron chi connectivity index (χ2n) is 4.69. The van der Waals surface area contributed by atoms with Crippen molar-refractivity contribution in [2.24, 2.45) is 0 Å². The Balaban J connectivity index is 1.77. The van der Waals surface area contributed by atoms with Crippen molar-refractivity contribution in [1.29, 1.82) is 0 Å². The molecule has 92 valence electrons. The van der Waals surface area contributed by atoms with Gasteiger partial charge < -0.3 is 10.1 Å². The van der Waals surface area contributed by atoms with Gasteiger partial charge in [0, 0.05) is 12.6 Å². The predicted octanol–water partition coefficient (Wildman–Crippen LogP) is 3.28. The molecule has 0 aliphatic heterocycles. The number of hydrogen-bond donors (Lipinski definition) is 1. The Morgan fingerprint density at radius 2 is 2.06 bits per heavy atom. The van der Waals surface area contributed by atoms with Gasteiger partial charge in [0.15, 0.2) is 0 Å². The molecule has 1 aromatic carbocycles. The molecule has 0 radical (unpaired) electrons. The zero-order valence-corrected chi connectivity index (χ0v) is 10.5. The highest BCUT2D eigenvalue weighted by Gasteiger charge is 2.19. The molecule has 2 rings (SSSR count). The van der Waals surface area contributed by atoms with Crippen molar-refractivity contribution in [3.63, 3.8) is 0 Å². The molecule has 0 aromatic heterocycles. The van der Waals surface area contributed by atoms with Crippen LogP contribution in [0.4, 0.5) is 0 Å². The van der Waals surface area contributed by atoms with Gasteiger partial charge in [0.05, 0.1) is 0 Å². The summed E-state index contributed by atoms with van der Waals surface area (Å²) in [7, 11) is 0. The van der Waals surface area contributed by atoms with Crippen LogP contribution in [0.15, 0.2) is 36.4 Å². The van der Waals surface area contributed by atoms with Gasteiger partial charge in [0.1, 0.15) is 12.4 Å². The lowest BCUT2D eigenvalue weighted by Gasteiger charge is -2.08. The number of ether oxygens (including phenoxy) is 1. The second kappa shape index (κ2) is 5.87. The molecule has 0 amide bonds. The van der Waals surface area contributed by atoms with Crippen molar-refractivity contribution in [3.05, 3.63) is 42.0 Å². The first-order valence-electron chi connectivity index (χ1n) is 6.39. The van der Waals surface area contributed by atoms with Gasteiger partial charge in [-0.25, -0.2) is 0 Å². The summed E-state index contributed by atoms with van der Waals surface area (Å²) >= 11 is 0. The van der Waals surface area contributed by atoms with Gasteiger partial charge in [-0.1, -0.05) is 25.6 Å². The van der Waals surface area contributed by atoms with E-state index in [-0.39, 0.29) is 0 Å². The summed E-state index contributed by atoms with van der Waals surface area (Å²) < 4.78 is 5.63. The summed E-state index contributed by atoms with van der Waals surface area (Å²) in [6.45, 7) is 7.61. The van der Waals surface area contributed by atoms with Gasteiger partial charge in [-0.15, -0.1) is 0 Å². The molecule has 0 heterocycles. The van der Waals surface area contributed by atoms with E-state index in [9.17, 15) is 0 Å². The van der Waals surface area contributed by atoms with Crippen molar-refractivity contribution in [3.8, 4) is 5.75 Å². The van der Waals surface area contributed by atoms with Gasteiger partial charge in [-0.05, 0) is 42.5 Å². The van der Waals surface area contributed by atoms with Gasteiger partial charge in [-0.3, -0.25) is 0 Å². The third kappa shape index (κ3) is 4.23. The summed E-state index contributed by atoms with van der Waals surface area (Å²) in [4.78, 5) is 0. The van der Waals surface area contributed by atoms with Crippen molar-refractivity contribution in [2.75, 3.05) is 6.61 Å². The smallest absolute Gasteiger partial charge is 0.119 e. The van der Waals surface area contributed by atoms with Crippen molar-refractivity contribution < 1.29 is 4.74 Å². The molecule has 0 unspecified atom stereocenters. The van der Waals surface area contributed by atoms with Crippen molar-refractivity contribution >= 4 is 0 Å². The minimum atomic E-state index is 0.621. The molecule has 1 saturated carbocycles. The van der Waals surface area contributed by atoms with E-state index in [0.29, 0.717) is 6.61 Å². The lowest BCUT2D eigenvalue weighted by molar-refractivity contribution is 0.349. The first-order valence-corrected chi connectivity index (χ1v) is 6.39. The van der Waals surface area contributed by atoms with Crippen LogP contribution in [0, 0.1) is 0 Å². The maximum absolute atomic E-state index is 5.63. The largest absolute Gasteiger partial charge is 0.489 e. The van der Waals surface area contributed by atoms with Gasteiger partial charge in [-0.2, -0.15) is 0 Å². The van der Waals surface area contributed by atoms with E-state index in [1.54, 1.807) is 0 Å². The fraction of sp³-hybridized carbons (Fsp3) is 0.467. The van der Waals surface area contributed by atoms with E-state index in [1.807, 2.05) is 12.1 Å².